The molecule has 0 fully saturated rings. The van der Waals surface area contributed by atoms with Crippen molar-refractivity contribution >= 4 is 29.2 Å². The maximum absolute atomic E-state index is 13.9. The minimum Gasteiger partial charge on any atom is -0.366 e. The maximum Gasteiger partial charge on any atom is 0.248 e. The second-order valence-corrected chi connectivity index (χ2v) is 8.88. The molecule has 4 aromatic rings. The van der Waals surface area contributed by atoms with Crippen molar-refractivity contribution < 1.29 is 9.18 Å². The molecular weight excluding hydrogens is 451 g/mol. The predicted molar refractivity (Wildman–Crippen MR) is 144 cm³/mol. The zero-order valence-corrected chi connectivity index (χ0v) is 20.0. The van der Waals surface area contributed by atoms with Crippen LogP contribution in [-0.4, -0.2) is 17.1 Å². The van der Waals surface area contributed by atoms with E-state index in [1.807, 2.05) is 48.7 Å². The monoisotopic (exact) mass is 476 g/mol. The first-order chi connectivity index (χ1) is 17.4. The molecule has 5 nitrogen and oxygen atoms in total. The summed E-state index contributed by atoms with van der Waals surface area (Å²) in [5, 5.41) is 3.48. The normalized spacial score (nSPS) is 14.5. The second-order valence-electron chi connectivity index (χ2n) is 8.88. The fraction of sp³-hybridized carbons (Fsp3) is 0.100. The van der Waals surface area contributed by atoms with Crippen LogP contribution in [0.25, 0.3) is 28.1 Å². The summed E-state index contributed by atoms with van der Waals surface area (Å²) < 4.78 is 13.9. The number of aliphatic imine (C=N–C) groups is 1. The van der Waals surface area contributed by atoms with E-state index in [0.717, 1.165) is 45.0 Å². The van der Waals surface area contributed by atoms with Gasteiger partial charge in [0, 0.05) is 52.0 Å². The molecule has 5 rings (SSSR count). The van der Waals surface area contributed by atoms with Gasteiger partial charge < -0.3 is 11.1 Å². The molecular formula is C30H25FN4O. The summed E-state index contributed by atoms with van der Waals surface area (Å²) in [6, 6.07) is 22.2. The van der Waals surface area contributed by atoms with Crippen LogP contribution in [0.2, 0.25) is 0 Å². The Morgan fingerprint density at radius 3 is 2.50 bits per heavy atom. The Bertz CT molecular complexity index is 1520. The molecule has 178 valence electrons. The van der Waals surface area contributed by atoms with E-state index < -0.39 is 5.91 Å². The number of benzene rings is 3. The number of halogens is 1. The van der Waals surface area contributed by atoms with E-state index in [2.05, 4.69) is 29.4 Å². The third-order valence-electron chi connectivity index (χ3n) is 6.16. The number of rotatable bonds is 5. The lowest BCUT2D eigenvalue weighted by Gasteiger charge is -2.16. The van der Waals surface area contributed by atoms with E-state index in [1.165, 1.54) is 6.07 Å². The van der Waals surface area contributed by atoms with Crippen molar-refractivity contribution in [3.05, 3.63) is 108 Å². The SMILES string of the molecule is Cc1cc(-c2ncccc2-c2ccc3c(c2)C(Nc2ccc(C(N)=O)cc2)=CC(C)C=N3)ccc1F. The fourth-order valence-electron chi connectivity index (χ4n) is 4.27. The topological polar surface area (TPSA) is 80.4 Å². The molecule has 0 spiro atoms. The van der Waals surface area contributed by atoms with Gasteiger partial charge >= 0.3 is 0 Å². The highest BCUT2D eigenvalue weighted by atomic mass is 19.1. The summed E-state index contributed by atoms with van der Waals surface area (Å²) in [5.41, 5.74) is 13.5. The molecule has 0 saturated heterocycles. The standard InChI is InChI=1S/C30H25FN4O/c1-18-14-28(35-23-9-5-20(6-10-23)30(32)36)25-16-21(8-12-27(25)34-17-18)24-4-3-13-33-29(24)22-7-11-26(31)19(2)15-22/h3-18,35H,1-2H3,(H2,32,36). The number of anilines is 1. The first-order valence-electron chi connectivity index (χ1n) is 11.7. The summed E-state index contributed by atoms with van der Waals surface area (Å²) in [7, 11) is 0. The number of nitrogens with zero attached hydrogens (tertiary/aromatic N) is 2. The highest BCUT2D eigenvalue weighted by Gasteiger charge is 2.17. The van der Waals surface area contributed by atoms with Crippen LogP contribution < -0.4 is 11.1 Å². The molecule has 36 heavy (non-hydrogen) atoms. The predicted octanol–water partition coefficient (Wildman–Crippen LogP) is 6.77. The van der Waals surface area contributed by atoms with Crippen molar-refractivity contribution in [3.8, 4) is 22.4 Å². The van der Waals surface area contributed by atoms with E-state index in [1.54, 1.807) is 31.3 Å². The molecule has 0 radical (unpaired) electrons. The lowest BCUT2D eigenvalue weighted by Crippen LogP contribution is -2.10. The number of hydrogen-bond acceptors (Lipinski definition) is 4. The Hall–Kier alpha value is -4.58. The molecule has 1 aromatic heterocycles. The number of carbonyl (C=O) groups is 1. The van der Waals surface area contributed by atoms with Gasteiger partial charge in [0.1, 0.15) is 5.82 Å². The van der Waals surface area contributed by atoms with Crippen LogP contribution in [0.4, 0.5) is 15.8 Å². The fourth-order valence-corrected chi connectivity index (χ4v) is 4.27. The number of pyridine rings is 1. The highest BCUT2D eigenvalue weighted by Crippen LogP contribution is 2.37. The second kappa shape index (κ2) is 9.58. The summed E-state index contributed by atoms with van der Waals surface area (Å²) in [5.74, 6) is -0.585. The molecule has 1 atom stereocenters. The molecule has 0 bridgehead atoms. The Labute approximate surface area is 209 Å². The number of nitrogens with two attached hydrogens (primary N) is 1. The van der Waals surface area contributed by atoms with E-state index in [4.69, 9.17) is 10.7 Å². The number of primary amides is 1. The third kappa shape index (κ3) is 4.66. The van der Waals surface area contributed by atoms with Gasteiger partial charge in [-0.15, -0.1) is 0 Å². The zero-order chi connectivity index (χ0) is 25.2. The molecule has 0 saturated carbocycles. The number of carbonyl (C=O) groups excluding carboxylic acids is 1. The van der Waals surface area contributed by atoms with Crippen molar-refractivity contribution in [1.29, 1.82) is 0 Å². The maximum atomic E-state index is 13.9. The van der Waals surface area contributed by atoms with Gasteiger partial charge in [-0.3, -0.25) is 14.8 Å². The summed E-state index contributed by atoms with van der Waals surface area (Å²) in [6.45, 7) is 3.83. The number of hydrogen-bond donors (Lipinski definition) is 2. The average molecular weight is 477 g/mol. The van der Waals surface area contributed by atoms with Crippen LogP contribution in [0.1, 0.15) is 28.4 Å². The van der Waals surface area contributed by atoms with Crippen molar-refractivity contribution in [2.24, 2.45) is 16.6 Å². The number of aryl methyl sites for hydroxylation is 1. The molecule has 2 heterocycles. The molecule has 1 aliphatic rings. The summed E-state index contributed by atoms with van der Waals surface area (Å²) >= 11 is 0. The number of amides is 1. The molecule has 3 aromatic carbocycles. The molecule has 1 unspecified atom stereocenters. The van der Waals surface area contributed by atoms with E-state index in [9.17, 15) is 9.18 Å². The lowest BCUT2D eigenvalue weighted by molar-refractivity contribution is 0.100. The summed E-state index contributed by atoms with van der Waals surface area (Å²) in [6.07, 6.45) is 5.78. The Morgan fingerprint density at radius 2 is 1.75 bits per heavy atom. The van der Waals surface area contributed by atoms with Gasteiger partial charge in [-0.1, -0.05) is 25.1 Å². The average Bonchev–Trinajstić information content (AvgIpc) is 3.04. The first kappa shape index (κ1) is 23.2. The van der Waals surface area contributed by atoms with Gasteiger partial charge in [0.15, 0.2) is 0 Å². The van der Waals surface area contributed by atoms with Crippen LogP contribution >= 0.6 is 0 Å². The highest BCUT2D eigenvalue weighted by molar-refractivity contribution is 5.94. The molecule has 0 aliphatic carbocycles. The number of aromatic nitrogens is 1. The molecule has 1 amide bonds. The van der Waals surface area contributed by atoms with E-state index in [-0.39, 0.29) is 11.7 Å². The number of nitrogens with one attached hydrogen (secondary N) is 1. The van der Waals surface area contributed by atoms with Gasteiger partial charge in [0.25, 0.3) is 0 Å². The number of allylic oxidation sites excluding steroid dienone is 1. The van der Waals surface area contributed by atoms with E-state index in [0.29, 0.717) is 11.1 Å². The lowest BCUT2D eigenvalue weighted by atomic mass is 9.95. The van der Waals surface area contributed by atoms with Gasteiger partial charge in [0.05, 0.1) is 11.4 Å². The van der Waals surface area contributed by atoms with Crippen LogP contribution in [0.3, 0.4) is 0 Å². The number of fused-ring (bicyclic) bond motifs is 1. The third-order valence-corrected chi connectivity index (χ3v) is 6.16. The minimum absolute atomic E-state index is 0.115. The Kier molecular flexibility index (Phi) is 6.17. The quantitative estimate of drug-likeness (QED) is 0.334. The summed E-state index contributed by atoms with van der Waals surface area (Å²) in [4.78, 5) is 20.8. The molecule has 3 N–H and O–H groups in total. The van der Waals surface area contributed by atoms with Crippen LogP contribution in [-0.2, 0) is 0 Å². The van der Waals surface area contributed by atoms with E-state index >= 15 is 0 Å². The van der Waals surface area contributed by atoms with Gasteiger partial charge in [-0.05, 0) is 78.7 Å². The van der Waals surface area contributed by atoms with Gasteiger partial charge in [0.2, 0.25) is 5.91 Å². The molecule has 1 aliphatic heterocycles. The zero-order valence-electron chi connectivity index (χ0n) is 20.0. The first-order valence-corrected chi connectivity index (χ1v) is 11.7. The van der Waals surface area contributed by atoms with Gasteiger partial charge in [-0.2, -0.15) is 0 Å². The molecule has 6 heteroatoms. The Balaban J connectivity index is 1.57. The van der Waals surface area contributed by atoms with Gasteiger partial charge in [-0.25, -0.2) is 4.39 Å². The van der Waals surface area contributed by atoms with Crippen LogP contribution in [0.15, 0.2) is 90.1 Å². The Morgan fingerprint density at radius 1 is 0.972 bits per heavy atom. The minimum atomic E-state index is -0.462. The smallest absolute Gasteiger partial charge is 0.248 e. The van der Waals surface area contributed by atoms with Crippen LogP contribution in [0.5, 0.6) is 0 Å². The van der Waals surface area contributed by atoms with Crippen molar-refractivity contribution in [2.45, 2.75) is 13.8 Å². The van der Waals surface area contributed by atoms with Crippen molar-refractivity contribution in [2.75, 3.05) is 5.32 Å². The van der Waals surface area contributed by atoms with Crippen molar-refractivity contribution in [3.63, 3.8) is 0 Å². The van der Waals surface area contributed by atoms with Crippen molar-refractivity contribution in [1.82, 2.24) is 4.98 Å². The van der Waals surface area contributed by atoms with Crippen LogP contribution in [0, 0.1) is 18.7 Å². The largest absolute Gasteiger partial charge is 0.366 e.